The lowest BCUT2D eigenvalue weighted by molar-refractivity contribution is -0.243. The van der Waals surface area contributed by atoms with Crippen LogP contribution in [0.4, 0.5) is 0 Å². The zero-order valence-corrected chi connectivity index (χ0v) is 15.3. The number of carbonyl (C=O) groups excluding carboxylic acids is 2. The average Bonchev–Trinajstić information content (AvgIpc) is 2.87. The number of nitrogens with one attached hydrogen (secondary N) is 1. The summed E-state index contributed by atoms with van der Waals surface area (Å²) >= 11 is 0. The Morgan fingerprint density at radius 3 is 2.82 bits per heavy atom. The zero-order valence-electron chi connectivity index (χ0n) is 15.3. The third kappa shape index (κ3) is 2.78. The van der Waals surface area contributed by atoms with Crippen molar-refractivity contribution in [1.82, 2.24) is 10.2 Å². The van der Waals surface area contributed by atoms with Crippen LogP contribution in [0.2, 0.25) is 0 Å². The number of fused-ring (bicyclic) bond motifs is 2. The van der Waals surface area contributed by atoms with E-state index in [1.165, 1.54) is 11.1 Å². The van der Waals surface area contributed by atoms with Gasteiger partial charge in [-0.1, -0.05) is 18.2 Å². The van der Waals surface area contributed by atoms with E-state index in [0.29, 0.717) is 11.1 Å². The predicted molar refractivity (Wildman–Crippen MR) is 94.5 cm³/mol. The molecule has 0 radical (unpaired) electrons. The van der Waals surface area contributed by atoms with Gasteiger partial charge < -0.3 is 34.6 Å². The van der Waals surface area contributed by atoms with Crippen molar-refractivity contribution >= 4 is 11.9 Å². The van der Waals surface area contributed by atoms with Crippen LogP contribution in [0.3, 0.4) is 0 Å². The van der Waals surface area contributed by atoms with Crippen LogP contribution in [0.25, 0.3) is 0 Å². The second kappa shape index (κ2) is 6.85. The Labute approximate surface area is 161 Å². The fourth-order valence-corrected chi connectivity index (χ4v) is 3.95. The molecule has 2 bridgehead atoms. The summed E-state index contributed by atoms with van der Waals surface area (Å²) in [6.07, 6.45) is -0.661. The monoisotopic (exact) mass is 390 g/mol. The lowest BCUT2D eigenvalue weighted by Crippen LogP contribution is -2.69. The van der Waals surface area contributed by atoms with E-state index in [0.717, 1.165) is 0 Å². The fourth-order valence-electron chi connectivity index (χ4n) is 3.95. The van der Waals surface area contributed by atoms with E-state index in [9.17, 15) is 19.8 Å². The average molecular weight is 390 g/mol. The van der Waals surface area contributed by atoms with Crippen molar-refractivity contribution < 1.29 is 34.0 Å². The van der Waals surface area contributed by atoms with Crippen LogP contribution >= 0.6 is 0 Å². The van der Waals surface area contributed by atoms with E-state index in [1.54, 1.807) is 37.3 Å². The molecule has 2 saturated heterocycles. The van der Waals surface area contributed by atoms with Crippen molar-refractivity contribution in [2.45, 2.75) is 37.1 Å². The molecule has 0 spiro atoms. The molecular formula is C19H22N2O7. The summed E-state index contributed by atoms with van der Waals surface area (Å²) in [5, 5.41) is 22.9. The van der Waals surface area contributed by atoms with Crippen molar-refractivity contribution in [3.05, 3.63) is 47.7 Å². The van der Waals surface area contributed by atoms with Gasteiger partial charge in [0.2, 0.25) is 6.35 Å². The molecule has 4 rings (SSSR count). The first-order valence-corrected chi connectivity index (χ1v) is 9.02. The molecule has 3 aliphatic rings. The third-order valence-corrected chi connectivity index (χ3v) is 5.46. The van der Waals surface area contributed by atoms with Gasteiger partial charge in [-0.3, -0.25) is 4.79 Å². The van der Waals surface area contributed by atoms with Crippen LogP contribution in [0.5, 0.6) is 0 Å². The minimum atomic E-state index is -1.37. The van der Waals surface area contributed by atoms with Crippen LogP contribution in [-0.2, 0) is 19.0 Å². The van der Waals surface area contributed by atoms with E-state index in [2.05, 4.69) is 5.32 Å². The highest BCUT2D eigenvalue weighted by Gasteiger charge is 2.67. The maximum Gasteiger partial charge on any atom is 0.338 e. The topological polar surface area (TPSA) is 118 Å². The molecule has 3 heterocycles. The number of hydrogen-bond donors (Lipinski definition) is 3. The van der Waals surface area contributed by atoms with Gasteiger partial charge in [0.15, 0.2) is 17.4 Å². The molecule has 1 aromatic carbocycles. The van der Waals surface area contributed by atoms with Gasteiger partial charge in [0.1, 0.15) is 0 Å². The zero-order chi connectivity index (χ0) is 19.9. The first kappa shape index (κ1) is 18.9. The van der Waals surface area contributed by atoms with Gasteiger partial charge in [-0.25, -0.2) is 4.79 Å². The van der Waals surface area contributed by atoms with Gasteiger partial charge in [0, 0.05) is 18.2 Å². The molecule has 0 aliphatic carbocycles. The van der Waals surface area contributed by atoms with E-state index < -0.39 is 42.3 Å². The summed E-state index contributed by atoms with van der Waals surface area (Å²) in [5.74, 6) is -1.00. The Hall–Kier alpha value is -2.46. The molecule has 0 saturated carbocycles. The molecule has 28 heavy (non-hydrogen) atoms. The Morgan fingerprint density at radius 1 is 1.36 bits per heavy atom. The van der Waals surface area contributed by atoms with Crippen molar-refractivity contribution in [3.63, 3.8) is 0 Å². The summed E-state index contributed by atoms with van der Waals surface area (Å²) in [5.41, 5.74) is -1.84. The van der Waals surface area contributed by atoms with Gasteiger partial charge in [0.25, 0.3) is 5.91 Å². The Kier molecular flexibility index (Phi) is 4.62. The van der Waals surface area contributed by atoms with Gasteiger partial charge in [-0.2, -0.15) is 0 Å². The van der Waals surface area contributed by atoms with Crippen LogP contribution in [0.15, 0.2) is 42.1 Å². The Morgan fingerprint density at radius 2 is 2.11 bits per heavy atom. The van der Waals surface area contributed by atoms with E-state index >= 15 is 0 Å². The van der Waals surface area contributed by atoms with Gasteiger partial charge in [0.05, 0.1) is 25.4 Å². The SMILES string of the molecule is CC1=CN([C@@]23CCO[C@@](CO)(CO2)[C@H]3OC(=O)c2ccccc2)C(O)NC1=O. The minimum Gasteiger partial charge on any atom is -0.450 e. The van der Waals surface area contributed by atoms with Crippen LogP contribution in [0, 0.1) is 0 Å². The van der Waals surface area contributed by atoms with Crippen LogP contribution < -0.4 is 5.32 Å². The highest BCUT2D eigenvalue weighted by molar-refractivity contribution is 5.93. The molecule has 3 N–H and O–H groups in total. The number of aliphatic hydroxyl groups is 2. The summed E-state index contributed by atoms with van der Waals surface area (Å²) in [4.78, 5) is 26.0. The first-order valence-electron chi connectivity index (χ1n) is 9.02. The van der Waals surface area contributed by atoms with Crippen molar-refractivity contribution in [1.29, 1.82) is 0 Å². The van der Waals surface area contributed by atoms with E-state index in [-0.39, 0.29) is 19.6 Å². The summed E-state index contributed by atoms with van der Waals surface area (Å²) in [7, 11) is 0. The maximum atomic E-state index is 12.7. The predicted octanol–water partition coefficient (Wildman–Crippen LogP) is -0.299. The van der Waals surface area contributed by atoms with Crippen molar-refractivity contribution in [3.8, 4) is 0 Å². The lowest BCUT2D eigenvalue weighted by Gasteiger charge is -2.50. The van der Waals surface area contributed by atoms with Gasteiger partial charge in [-0.15, -0.1) is 0 Å². The third-order valence-electron chi connectivity index (χ3n) is 5.46. The number of esters is 1. The number of carbonyl (C=O) groups is 2. The minimum absolute atomic E-state index is 0.0275. The highest BCUT2D eigenvalue weighted by Crippen LogP contribution is 2.47. The summed E-state index contributed by atoms with van der Waals surface area (Å²) < 4.78 is 17.6. The second-order valence-electron chi connectivity index (χ2n) is 7.17. The molecule has 9 heteroatoms. The van der Waals surface area contributed by atoms with Gasteiger partial charge in [-0.05, 0) is 19.1 Å². The lowest BCUT2D eigenvalue weighted by atomic mass is 9.87. The number of aliphatic hydroxyl groups excluding tert-OH is 2. The molecule has 4 atom stereocenters. The Balaban J connectivity index is 1.72. The number of amides is 1. The highest BCUT2D eigenvalue weighted by atomic mass is 16.7. The summed E-state index contributed by atoms with van der Waals surface area (Å²) in [6.45, 7) is 1.37. The standard InChI is InChI=1S/C19H22N2O7/c1-12-9-21(17(25)20-14(12)23)19-7-8-26-18(10-22,11-27-19)16(19)28-15(24)13-5-3-2-4-6-13/h2-6,9,16-17,22,25H,7-8,10-11H2,1H3,(H,20,23)/t16-,17?,18+,19+/m1/s1. The number of rotatable bonds is 4. The maximum absolute atomic E-state index is 12.7. The number of hydrogen-bond acceptors (Lipinski definition) is 8. The quantitative estimate of drug-likeness (QED) is 0.600. The first-order chi connectivity index (χ1) is 13.4. The van der Waals surface area contributed by atoms with Crippen molar-refractivity contribution in [2.24, 2.45) is 0 Å². The number of benzene rings is 1. The smallest absolute Gasteiger partial charge is 0.338 e. The summed E-state index contributed by atoms with van der Waals surface area (Å²) in [6, 6.07) is 8.45. The van der Waals surface area contributed by atoms with Crippen LogP contribution in [-0.4, -0.2) is 70.6 Å². The number of nitrogens with zero attached hydrogens (tertiary/aromatic N) is 1. The Bertz CT molecular complexity index is 814. The molecule has 150 valence electrons. The largest absolute Gasteiger partial charge is 0.450 e. The number of ether oxygens (including phenoxy) is 3. The van der Waals surface area contributed by atoms with E-state index in [4.69, 9.17) is 14.2 Å². The molecule has 3 aliphatic heterocycles. The van der Waals surface area contributed by atoms with E-state index in [1.807, 2.05) is 0 Å². The molecule has 2 fully saturated rings. The molecule has 1 aromatic rings. The van der Waals surface area contributed by atoms with Crippen molar-refractivity contribution in [2.75, 3.05) is 19.8 Å². The molecule has 0 aromatic heterocycles. The molecule has 9 nitrogen and oxygen atoms in total. The van der Waals surface area contributed by atoms with Gasteiger partial charge >= 0.3 is 5.97 Å². The fraction of sp³-hybridized carbons (Fsp3) is 0.474. The molecule has 1 unspecified atom stereocenters. The van der Waals surface area contributed by atoms with Crippen LogP contribution in [0.1, 0.15) is 23.7 Å². The second-order valence-corrected chi connectivity index (χ2v) is 7.17. The normalized spacial score (nSPS) is 34.6. The molecular weight excluding hydrogens is 368 g/mol. The molecule has 1 amide bonds.